The van der Waals surface area contributed by atoms with Crippen molar-refractivity contribution in [2.45, 2.75) is 38.2 Å². The van der Waals surface area contributed by atoms with E-state index in [9.17, 15) is 9.59 Å². The zero-order valence-corrected chi connectivity index (χ0v) is 16.3. The molecule has 0 spiro atoms. The molecule has 0 aliphatic carbocycles. The lowest BCUT2D eigenvalue weighted by atomic mass is 10.1. The molecule has 0 amide bonds. The number of benzene rings is 1. The van der Waals surface area contributed by atoms with Gasteiger partial charge in [0.2, 0.25) is 0 Å². The first-order chi connectivity index (χ1) is 12.5. The summed E-state index contributed by atoms with van der Waals surface area (Å²) < 4.78 is 5.60. The van der Waals surface area contributed by atoms with Crippen molar-refractivity contribution in [3.8, 4) is 0 Å². The second kappa shape index (κ2) is 10.9. The normalized spacial score (nSPS) is 12.1. The average molecular weight is 374 g/mol. The number of rotatable bonds is 11. The fourth-order valence-electron chi connectivity index (χ4n) is 2.69. The molecule has 1 atom stereocenters. The molecule has 0 fully saturated rings. The van der Waals surface area contributed by atoms with Crippen molar-refractivity contribution < 1.29 is 14.3 Å². The Kier molecular flexibility index (Phi) is 8.51. The number of carbonyl (C=O) groups is 2. The number of ketones is 1. The minimum absolute atomic E-state index is 0.0523. The van der Waals surface area contributed by atoms with Crippen molar-refractivity contribution in [2.24, 2.45) is 0 Å². The first-order valence-corrected chi connectivity index (χ1v) is 9.86. The molecule has 26 heavy (non-hydrogen) atoms. The number of ether oxygens (including phenoxy) is 1. The first kappa shape index (κ1) is 20.3. The smallest absolute Gasteiger partial charge is 0.313 e. The molecule has 0 saturated heterocycles. The minimum atomic E-state index is -0.424. The van der Waals surface area contributed by atoms with Gasteiger partial charge in [0.15, 0.2) is 0 Å². The second-order valence-electron chi connectivity index (χ2n) is 6.64. The van der Waals surface area contributed by atoms with E-state index in [2.05, 4.69) is 17.0 Å². The Morgan fingerprint density at radius 3 is 2.54 bits per heavy atom. The maximum absolute atomic E-state index is 12.2. The van der Waals surface area contributed by atoms with Crippen molar-refractivity contribution >= 4 is 23.1 Å². The first-order valence-electron chi connectivity index (χ1n) is 8.98. The lowest BCUT2D eigenvalue weighted by Gasteiger charge is -2.19. The van der Waals surface area contributed by atoms with E-state index in [-0.39, 0.29) is 18.3 Å². The van der Waals surface area contributed by atoms with Crippen molar-refractivity contribution in [1.82, 2.24) is 4.90 Å². The zero-order chi connectivity index (χ0) is 18.8. The molecule has 2 rings (SSSR count). The third-order valence-electron chi connectivity index (χ3n) is 4.08. The summed E-state index contributed by atoms with van der Waals surface area (Å²) in [5, 5.41) is 1.97. The van der Waals surface area contributed by atoms with E-state index in [1.54, 1.807) is 11.3 Å². The highest BCUT2D eigenvalue weighted by molar-refractivity contribution is 7.10. The summed E-state index contributed by atoms with van der Waals surface area (Å²) >= 11 is 1.57. The van der Waals surface area contributed by atoms with Gasteiger partial charge in [-0.05, 0) is 43.9 Å². The standard InChI is InChI=1S/C21H27NO3S/c1-22(2)14-13-19(20-12-7-15-26-20)25-21(24)16-18(23)11-6-10-17-8-4-3-5-9-17/h3-5,7-9,12,15,19H,6,10-11,13-14,16H2,1-2H3. The minimum Gasteiger partial charge on any atom is -0.456 e. The highest BCUT2D eigenvalue weighted by Gasteiger charge is 2.20. The predicted molar refractivity (Wildman–Crippen MR) is 105 cm³/mol. The van der Waals surface area contributed by atoms with Crippen LogP contribution in [0.3, 0.4) is 0 Å². The molecule has 1 unspecified atom stereocenters. The van der Waals surface area contributed by atoms with Crippen LogP contribution < -0.4 is 0 Å². The fourth-order valence-corrected chi connectivity index (χ4v) is 3.48. The Morgan fingerprint density at radius 1 is 1.12 bits per heavy atom. The molecular formula is C21H27NO3S. The lowest BCUT2D eigenvalue weighted by molar-refractivity contribution is -0.151. The van der Waals surface area contributed by atoms with E-state index in [1.165, 1.54) is 5.56 Å². The Balaban J connectivity index is 1.76. The molecule has 0 bridgehead atoms. The van der Waals surface area contributed by atoms with E-state index >= 15 is 0 Å². The van der Waals surface area contributed by atoms with Gasteiger partial charge in [0.1, 0.15) is 18.3 Å². The summed E-state index contributed by atoms with van der Waals surface area (Å²) in [5.74, 6) is -0.477. The number of thiophene rings is 1. The van der Waals surface area contributed by atoms with E-state index < -0.39 is 5.97 Å². The van der Waals surface area contributed by atoms with Gasteiger partial charge in [-0.3, -0.25) is 9.59 Å². The summed E-state index contributed by atoms with van der Waals surface area (Å²) in [5.41, 5.74) is 1.21. The average Bonchev–Trinajstić information content (AvgIpc) is 3.14. The molecule has 1 aromatic heterocycles. The summed E-state index contributed by atoms with van der Waals surface area (Å²) in [6, 6.07) is 14.0. The number of aryl methyl sites for hydroxylation is 1. The Hall–Kier alpha value is -1.98. The molecule has 1 heterocycles. The van der Waals surface area contributed by atoms with Crippen LogP contribution in [0.1, 0.15) is 42.2 Å². The highest BCUT2D eigenvalue weighted by Crippen LogP contribution is 2.26. The van der Waals surface area contributed by atoms with Gasteiger partial charge in [0.05, 0.1) is 0 Å². The molecular weight excluding hydrogens is 346 g/mol. The van der Waals surface area contributed by atoms with Crippen LogP contribution in [0, 0.1) is 0 Å². The molecule has 0 aliphatic heterocycles. The monoisotopic (exact) mass is 373 g/mol. The van der Waals surface area contributed by atoms with Gasteiger partial charge in [0.25, 0.3) is 0 Å². The van der Waals surface area contributed by atoms with E-state index in [0.717, 1.165) is 30.7 Å². The molecule has 140 valence electrons. The van der Waals surface area contributed by atoms with Crippen LogP contribution in [-0.4, -0.2) is 37.3 Å². The quantitative estimate of drug-likeness (QED) is 0.436. The van der Waals surface area contributed by atoms with Crippen LogP contribution in [0.15, 0.2) is 47.8 Å². The third kappa shape index (κ3) is 7.50. The van der Waals surface area contributed by atoms with Crippen molar-refractivity contribution in [3.05, 3.63) is 58.3 Å². The number of Topliss-reactive ketones (excluding diaryl/α,β-unsaturated/α-hetero) is 1. The van der Waals surface area contributed by atoms with Crippen LogP contribution in [0.25, 0.3) is 0 Å². The number of nitrogens with zero attached hydrogens (tertiary/aromatic N) is 1. The number of hydrogen-bond donors (Lipinski definition) is 0. The van der Waals surface area contributed by atoms with Gasteiger partial charge >= 0.3 is 5.97 Å². The van der Waals surface area contributed by atoms with Crippen LogP contribution in [-0.2, 0) is 20.7 Å². The zero-order valence-electron chi connectivity index (χ0n) is 15.5. The SMILES string of the molecule is CN(C)CCC(OC(=O)CC(=O)CCCc1ccccc1)c1cccs1. The molecule has 4 nitrogen and oxygen atoms in total. The van der Waals surface area contributed by atoms with Crippen LogP contribution in [0.5, 0.6) is 0 Å². The Morgan fingerprint density at radius 2 is 1.88 bits per heavy atom. The van der Waals surface area contributed by atoms with Crippen LogP contribution >= 0.6 is 11.3 Å². The van der Waals surface area contributed by atoms with Gasteiger partial charge in [-0.2, -0.15) is 0 Å². The molecule has 0 N–H and O–H groups in total. The topological polar surface area (TPSA) is 46.6 Å². The summed E-state index contributed by atoms with van der Waals surface area (Å²) in [6.45, 7) is 0.820. The molecule has 0 aliphatic rings. The Labute approximate surface area is 159 Å². The van der Waals surface area contributed by atoms with E-state index in [1.807, 2.05) is 49.8 Å². The third-order valence-corrected chi connectivity index (χ3v) is 5.04. The van der Waals surface area contributed by atoms with E-state index in [4.69, 9.17) is 4.74 Å². The van der Waals surface area contributed by atoms with Gasteiger partial charge in [-0.15, -0.1) is 11.3 Å². The van der Waals surface area contributed by atoms with Crippen molar-refractivity contribution in [2.75, 3.05) is 20.6 Å². The Bertz CT molecular complexity index is 668. The number of carbonyl (C=O) groups excluding carboxylic acids is 2. The molecule has 0 radical (unpaired) electrons. The highest BCUT2D eigenvalue weighted by atomic mass is 32.1. The second-order valence-corrected chi connectivity index (χ2v) is 7.62. The molecule has 2 aromatic rings. The van der Waals surface area contributed by atoms with Crippen LogP contribution in [0.2, 0.25) is 0 Å². The largest absolute Gasteiger partial charge is 0.456 e. The fraction of sp³-hybridized carbons (Fsp3) is 0.429. The lowest BCUT2D eigenvalue weighted by Crippen LogP contribution is -2.20. The predicted octanol–water partition coefficient (Wildman–Crippen LogP) is 4.27. The van der Waals surface area contributed by atoms with Crippen molar-refractivity contribution in [1.29, 1.82) is 0 Å². The van der Waals surface area contributed by atoms with Gasteiger partial charge in [0, 0.05) is 24.3 Å². The molecule has 5 heteroatoms. The maximum atomic E-state index is 12.2. The van der Waals surface area contributed by atoms with Crippen molar-refractivity contribution in [3.63, 3.8) is 0 Å². The van der Waals surface area contributed by atoms with Crippen LogP contribution in [0.4, 0.5) is 0 Å². The number of esters is 1. The molecule has 1 aromatic carbocycles. The summed E-state index contributed by atoms with van der Waals surface area (Å²) in [6.07, 6.45) is 2.32. The molecule has 0 saturated carbocycles. The maximum Gasteiger partial charge on any atom is 0.313 e. The van der Waals surface area contributed by atoms with Gasteiger partial charge in [-0.25, -0.2) is 0 Å². The van der Waals surface area contributed by atoms with E-state index in [0.29, 0.717) is 6.42 Å². The van der Waals surface area contributed by atoms with Gasteiger partial charge in [-0.1, -0.05) is 36.4 Å². The summed E-state index contributed by atoms with van der Waals surface area (Å²) in [4.78, 5) is 27.3. The summed E-state index contributed by atoms with van der Waals surface area (Å²) in [7, 11) is 3.98. The van der Waals surface area contributed by atoms with Gasteiger partial charge < -0.3 is 9.64 Å². The number of hydrogen-bond acceptors (Lipinski definition) is 5.